The van der Waals surface area contributed by atoms with E-state index >= 15 is 0 Å². The van der Waals surface area contributed by atoms with Gasteiger partial charge in [-0.15, -0.1) is 0 Å². The fourth-order valence-corrected chi connectivity index (χ4v) is 1.31. The molecule has 0 aliphatic heterocycles. The highest BCUT2D eigenvalue weighted by Gasteiger charge is 2.08. The van der Waals surface area contributed by atoms with Crippen LogP contribution in [0.25, 0.3) is 0 Å². The maximum atomic E-state index is 8.75. The molecule has 82 valence electrons. The van der Waals surface area contributed by atoms with E-state index in [4.69, 9.17) is 10.3 Å². The van der Waals surface area contributed by atoms with Crippen molar-refractivity contribution in [3.05, 3.63) is 30.1 Å². The van der Waals surface area contributed by atoms with E-state index in [0.29, 0.717) is 6.42 Å². The van der Waals surface area contributed by atoms with Crippen LogP contribution in [0.1, 0.15) is 24.4 Å². The fraction of sp³-hybridized carbons (Fsp3) is 0.400. The van der Waals surface area contributed by atoms with Crippen molar-refractivity contribution >= 4 is 6.34 Å². The second kappa shape index (κ2) is 6.92. The first kappa shape index (κ1) is 11.6. The van der Waals surface area contributed by atoms with Crippen LogP contribution in [0.2, 0.25) is 0 Å². The molecule has 0 spiro atoms. The van der Waals surface area contributed by atoms with Crippen LogP contribution in [0, 0.1) is 0 Å². The average molecular weight is 209 g/mol. The van der Waals surface area contributed by atoms with Crippen LogP contribution in [0.15, 0.2) is 29.5 Å². The van der Waals surface area contributed by atoms with Crippen LogP contribution in [0.3, 0.4) is 0 Å². The Morgan fingerprint density at radius 1 is 1.60 bits per heavy atom. The van der Waals surface area contributed by atoms with Crippen molar-refractivity contribution in [2.75, 3.05) is 6.61 Å². The van der Waals surface area contributed by atoms with Gasteiger partial charge in [0.25, 0.3) is 0 Å². The number of hydrogen-bond acceptors (Lipinski definition) is 4. The van der Waals surface area contributed by atoms with Crippen LogP contribution in [0.4, 0.5) is 0 Å². The lowest BCUT2D eigenvalue weighted by molar-refractivity contribution is 0.238. The van der Waals surface area contributed by atoms with Gasteiger partial charge in [0.2, 0.25) is 0 Å². The predicted molar refractivity (Wildman–Crippen MR) is 56.7 cm³/mol. The van der Waals surface area contributed by atoms with E-state index in [2.05, 4.69) is 9.98 Å². The Morgan fingerprint density at radius 3 is 3.07 bits per heavy atom. The Labute approximate surface area is 88.5 Å². The lowest BCUT2D eigenvalue weighted by atomic mass is 10.1. The molecule has 1 aromatic rings. The SMILES string of the molecule is OCCCC(N=CNO)c1cccnc1. The molecule has 5 heteroatoms. The number of nitrogens with zero attached hydrogens (tertiary/aromatic N) is 2. The first-order valence-electron chi connectivity index (χ1n) is 4.80. The van der Waals surface area contributed by atoms with E-state index in [0.717, 1.165) is 12.0 Å². The molecule has 0 amide bonds. The second-order valence-corrected chi connectivity index (χ2v) is 3.08. The fourth-order valence-electron chi connectivity index (χ4n) is 1.31. The molecule has 1 atom stereocenters. The van der Waals surface area contributed by atoms with Crippen molar-refractivity contribution in [3.63, 3.8) is 0 Å². The number of aliphatic hydroxyl groups excluding tert-OH is 1. The monoisotopic (exact) mass is 209 g/mol. The number of rotatable bonds is 6. The number of hydrogen-bond donors (Lipinski definition) is 3. The van der Waals surface area contributed by atoms with Crippen LogP contribution >= 0.6 is 0 Å². The molecule has 0 radical (unpaired) electrons. The molecule has 0 saturated carbocycles. The van der Waals surface area contributed by atoms with Crippen LogP contribution in [-0.4, -0.2) is 28.2 Å². The largest absolute Gasteiger partial charge is 0.396 e. The third kappa shape index (κ3) is 4.05. The zero-order chi connectivity index (χ0) is 10.9. The van der Waals surface area contributed by atoms with Gasteiger partial charge in [0, 0.05) is 19.0 Å². The molecule has 1 aromatic heterocycles. The highest BCUT2D eigenvalue weighted by Crippen LogP contribution is 2.20. The summed E-state index contributed by atoms with van der Waals surface area (Å²) in [5, 5.41) is 17.2. The van der Waals surface area contributed by atoms with E-state index in [9.17, 15) is 0 Å². The highest BCUT2D eigenvalue weighted by molar-refractivity contribution is 5.52. The molecular weight excluding hydrogens is 194 g/mol. The summed E-state index contributed by atoms with van der Waals surface area (Å²) in [5.41, 5.74) is 2.84. The summed E-state index contributed by atoms with van der Waals surface area (Å²) in [7, 11) is 0. The van der Waals surface area contributed by atoms with Gasteiger partial charge in [-0.1, -0.05) is 6.07 Å². The third-order valence-corrected chi connectivity index (χ3v) is 2.02. The first-order valence-corrected chi connectivity index (χ1v) is 4.80. The maximum Gasteiger partial charge on any atom is 0.107 e. The van der Waals surface area contributed by atoms with Crippen LogP contribution in [-0.2, 0) is 0 Å². The van der Waals surface area contributed by atoms with Gasteiger partial charge in [-0.2, -0.15) is 0 Å². The summed E-state index contributed by atoms with van der Waals surface area (Å²) < 4.78 is 0. The number of aliphatic hydroxyl groups is 1. The summed E-state index contributed by atoms with van der Waals surface area (Å²) in [6.07, 6.45) is 6.05. The normalized spacial score (nSPS) is 12.9. The Hall–Kier alpha value is -1.46. The summed E-state index contributed by atoms with van der Waals surface area (Å²) in [4.78, 5) is 8.12. The predicted octanol–water partition coefficient (Wildman–Crippen LogP) is 0.902. The third-order valence-electron chi connectivity index (χ3n) is 2.02. The topological polar surface area (TPSA) is 77.7 Å². The molecule has 5 nitrogen and oxygen atoms in total. The lowest BCUT2D eigenvalue weighted by Gasteiger charge is -2.10. The molecule has 15 heavy (non-hydrogen) atoms. The average Bonchev–Trinajstić information content (AvgIpc) is 2.30. The van der Waals surface area contributed by atoms with Gasteiger partial charge in [0.05, 0.1) is 6.04 Å². The van der Waals surface area contributed by atoms with Crippen LogP contribution in [0.5, 0.6) is 0 Å². The Morgan fingerprint density at radius 2 is 2.47 bits per heavy atom. The van der Waals surface area contributed by atoms with Crippen molar-refractivity contribution < 1.29 is 10.3 Å². The molecule has 1 heterocycles. The first-order chi connectivity index (χ1) is 7.38. The minimum atomic E-state index is -0.0782. The molecule has 0 saturated heterocycles. The van der Waals surface area contributed by atoms with Gasteiger partial charge in [0.15, 0.2) is 0 Å². The van der Waals surface area contributed by atoms with Crippen LogP contribution < -0.4 is 5.48 Å². The van der Waals surface area contributed by atoms with E-state index in [1.165, 1.54) is 6.34 Å². The van der Waals surface area contributed by atoms with E-state index in [1.54, 1.807) is 12.4 Å². The molecule has 0 fully saturated rings. The van der Waals surface area contributed by atoms with Crippen molar-refractivity contribution in [2.24, 2.45) is 4.99 Å². The van der Waals surface area contributed by atoms with Crippen molar-refractivity contribution in [1.82, 2.24) is 10.5 Å². The quantitative estimate of drug-likeness (QED) is 0.369. The van der Waals surface area contributed by atoms with Gasteiger partial charge in [-0.05, 0) is 24.5 Å². The summed E-state index contributed by atoms with van der Waals surface area (Å²) in [6, 6.07) is 3.68. The molecule has 0 bridgehead atoms. The standard InChI is InChI=1S/C10H15N3O2/c14-6-2-4-10(12-8-13-15)9-3-1-5-11-7-9/h1,3,5,7-8,10,14-15H,2,4,6H2,(H,12,13). The Kier molecular flexibility index (Phi) is 5.35. The Bertz CT molecular complexity index is 290. The molecule has 0 aliphatic carbocycles. The molecule has 0 aromatic carbocycles. The van der Waals surface area contributed by atoms with Gasteiger partial charge >= 0.3 is 0 Å². The van der Waals surface area contributed by atoms with Gasteiger partial charge in [0.1, 0.15) is 6.34 Å². The minimum absolute atomic E-state index is 0.0782. The van der Waals surface area contributed by atoms with Gasteiger partial charge < -0.3 is 5.11 Å². The number of nitrogens with one attached hydrogen (secondary N) is 1. The van der Waals surface area contributed by atoms with Crippen molar-refractivity contribution in [1.29, 1.82) is 0 Å². The number of hydroxylamine groups is 1. The zero-order valence-electron chi connectivity index (χ0n) is 8.37. The number of aliphatic imine (C=N–C) groups is 1. The molecule has 1 unspecified atom stereocenters. The molecular formula is C10H15N3O2. The maximum absolute atomic E-state index is 8.75. The smallest absolute Gasteiger partial charge is 0.107 e. The Balaban J connectivity index is 2.67. The van der Waals surface area contributed by atoms with Gasteiger partial charge in [-0.25, -0.2) is 0 Å². The lowest BCUT2D eigenvalue weighted by Crippen LogP contribution is -2.06. The van der Waals surface area contributed by atoms with E-state index < -0.39 is 0 Å². The van der Waals surface area contributed by atoms with E-state index in [-0.39, 0.29) is 12.6 Å². The second-order valence-electron chi connectivity index (χ2n) is 3.08. The molecule has 0 aliphatic rings. The minimum Gasteiger partial charge on any atom is -0.396 e. The number of aromatic nitrogens is 1. The zero-order valence-corrected chi connectivity index (χ0v) is 8.37. The summed E-state index contributed by atoms with van der Waals surface area (Å²) in [5.74, 6) is 0. The number of pyridine rings is 1. The van der Waals surface area contributed by atoms with E-state index in [1.807, 2.05) is 17.6 Å². The molecule has 3 N–H and O–H groups in total. The van der Waals surface area contributed by atoms with Crippen molar-refractivity contribution in [2.45, 2.75) is 18.9 Å². The van der Waals surface area contributed by atoms with Crippen molar-refractivity contribution in [3.8, 4) is 0 Å². The molecule has 1 rings (SSSR count). The summed E-state index contributed by atoms with van der Waals surface area (Å²) in [6.45, 7) is 0.138. The summed E-state index contributed by atoms with van der Waals surface area (Å²) >= 11 is 0. The van der Waals surface area contributed by atoms with Gasteiger partial charge in [-0.3, -0.25) is 20.7 Å². The highest BCUT2D eigenvalue weighted by atomic mass is 16.5.